The minimum Gasteiger partial charge on any atom is -0.469 e. The molecular weight excluding hydrogens is 280 g/mol. The van der Waals surface area contributed by atoms with E-state index in [0.29, 0.717) is 5.69 Å². The Balaban J connectivity index is 2.16. The molecule has 0 amide bonds. The highest BCUT2D eigenvalue weighted by Crippen LogP contribution is 2.23. The lowest BCUT2D eigenvalue weighted by Gasteiger charge is -2.11. The molecule has 0 bridgehead atoms. The number of hydrogen-bond donors (Lipinski definition) is 2. The summed E-state index contributed by atoms with van der Waals surface area (Å²) in [6, 6.07) is 9.77. The number of aliphatic hydroxyl groups excluding tert-OH is 1. The molecule has 0 radical (unpaired) electrons. The molecule has 1 aromatic heterocycles. The van der Waals surface area contributed by atoms with E-state index in [1.165, 1.54) is 7.11 Å². The molecule has 5 heteroatoms. The number of hydrogen-bond acceptors (Lipinski definition) is 5. The highest BCUT2D eigenvalue weighted by molar-refractivity contribution is 5.91. The molecule has 2 aromatic rings. The highest BCUT2D eigenvalue weighted by atomic mass is 16.5. The number of methoxy groups -OCH3 is 1. The number of anilines is 1. The van der Waals surface area contributed by atoms with Gasteiger partial charge in [-0.25, -0.2) is 0 Å². The average molecular weight is 302 g/mol. The van der Waals surface area contributed by atoms with Crippen molar-refractivity contribution in [2.75, 3.05) is 25.6 Å². The predicted octanol–water partition coefficient (Wildman–Crippen LogP) is 2.52. The fourth-order valence-electron chi connectivity index (χ4n) is 2.32. The van der Waals surface area contributed by atoms with E-state index in [-0.39, 0.29) is 19.0 Å². The Morgan fingerprint density at radius 3 is 2.86 bits per heavy atom. The lowest BCUT2D eigenvalue weighted by molar-refractivity contribution is -0.139. The summed E-state index contributed by atoms with van der Waals surface area (Å²) in [4.78, 5) is 16.0. The number of carbonyl (C=O) groups excluding carboxylic acids is 1. The van der Waals surface area contributed by atoms with Crippen molar-refractivity contribution in [3.05, 3.63) is 36.0 Å². The van der Waals surface area contributed by atoms with Crippen LogP contribution < -0.4 is 5.32 Å². The predicted molar refractivity (Wildman–Crippen MR) is 86.9 cm³/mol. The van der Waals surface area contributed by atoms with E-state index < -0.39 is 0 Å². The first-order chi connectivity index (χ1) is 10.7. The molecule has 22 heavy (non-hydrogen) atoms. The summed E-state index contributed by atoms with van der Waals surface area (Å²) in [7, 11) is 1.38. The number of para-hydroxylation sites is 1. The van der Waals surface area contributed by atoms with Crippen molar-refractivity contribution in [3.8, 4) is 0 Å². The van der Waals surface area contributed by atoms with Crippen LogP contribution >= 0.6 is 0 Å². The van der Waals surface area contributed by atoms with Crippen molar-refractivity contribution in [3.63, 3.8) is 0 Å². The van der Waals surface area contributed by atoms with Crippen LogP contribution in [0.1, 0.15) is 25.0 Å². The first-order valence-corrected chi connectivity index (χ1v) is 7.55. The van der Waals surface area contributed by atoms with Gasteiger partial charge in [-0.15, -0.1) is 0 Å². The Bertz CT molecular complexity index is 628. The molecule has 0 aliphatic heterocycles. The quantitative estimate of drug-likeness (QED) is 0.579. The van der Waals surface area contributed by atoms with E-state index in [1.54, 1.807) is 0 Å². The summed E-state index contributed by atoms with van der Waals surface area (Å²) in [6.45, 7) is 1.06. The van der Waals surface area contributed by atoms with Crippen LogP contribution in [0.2, 0.25) is 0 Å². The number of unbranched alkanes of at least 4 members (excludes halogenated alkanes) is 2. The number of pyridine rings is 1. The SMILES string of the molecule is COC(=O)Cc1cc(NCCCCCO)c2ccccc2n1. The largest absolute Gasteiger partial charge is 0.469 e. The van der Waals surface area contributed by atoms with Crippen LogP contribution in [-0.2, 0) is 16.0 Å². The molecule has 118 valence electrons. The van der Waals surface area contributed by atoms with Gasteiger partial charge < -0.3 is 15.2 Å². The minimum absolute atomic E-state index is 0.167. The minimum atomic E-state index is -0.295. The molecular formula is C17H22N2O3. The number of esters is 1. The molecule has 0 unspecified atom stereocenters. The van der Waals surface area contributed by atoms with E-state index in [1.807, 2.05) is 30.3 Å². The maximum Gasteiger partial charge on any atom is 0.311 e. The van der Waals surface area contributed by atoms with Gasteiger partial charge in [-0.3, -0.25) is 9.78 Å². The van der Waals surface area contributed by atoms with E-state index in [4.69, 9.17) is 9.84 Å². The lowest BCUT2D eigenvalue weighted by Crippen LogP contribution is -2.08. The van der Waals surface area contributed by atoms with Gasteiger partial charge in [0.25, 0.3) is 0 Å². The zero-order chi connectivity index (χ0) is 15.8. The van der Waals surface area contributed by atoms with Crippen LogP contribution in [-0.4, -0.2) is 36.3 Å². The van der Waals surface area contributed by atoms with Gasteiger partial charge in [-0.05, 0) is 31.4 Å². The third-order valence-electron chi connectivity index (χ3n) is 3.47. The van der Waals surface area contributed by atoms with Gasteiger partial charge in [0.1, 0.15) is 0 Å². The molecule has 0 spiro atoms. The van der Waals surface area contributed by atoms with Gasteiger partial charge in [0.05, 0.1) is 24.7 Å². The smallest absolute Gasteiger partial charge is 0.311 e. The van der Waals surface area contributed by atoms with E-state index in [9.17, 15) is 4.79 Å². The van der Waals surface area contributed by atoms with Crippen molar-refractivity contribution in [2.45, 2.75) is 25.7 Å². The summed E-state index contributed by atoms with van der Waals surface area (Å²) < 4.78 is 4.71. The Morgan fingerprint density at radius 1 is 1.27 bits per heavy atom. The molecule has 1 aromatic carbocycles. The van der Waals surface area contributed by atoms with Crippen LogP contribution in [0.3, 0.4) is 0 Å². The zero-order valence-electron chi connectivity index (χ0n) is 12.8. The van der Waals surface area contributed by atoms with Gasteiger partial charge in [-0.2, -0.15) is 0 Å². The van der Waals surface area contributed by atoms with Crippen molar-refractivity contribution < 1.29 is 14.6 Å². The number of benzene rings is 1. The van der Waals surface area contributed by atoms with Crippen molar-refractivity contribution in [1.29, 1.82) is 0 Å². The highest BCUT2D eigenvalue weighted by Gasteiger charge is 2.09. The lowest BCUT2D eigenvalue weighted by atomic mass is 10.1. The van der Waals surface area contributed by atoms with Crippen molar-refractivity contribution in [2.24, 2.45) is 0 Å². The zero-order valence-corrected chi connectivity index (χ0v) is 12.8. The Kier molecular flexibility index (Phi) is 6.15. The molecule has 0 aliphatic rings. The average Bonchev–Trinajstić information content (AvgIpc) is 2.54. The molecule has 0 saturated carbocycles. The molecule has 2 rings (SSSR count). The second-order valence-electron chi connectivity index (χ2n) is 5.14. The standard InChI is InChI=1S/C17H22N2O3/c1-22-17(21)12-13-11-16(18-9-5-2-6-10-20)14-7-3-4-8-15(14)19-13/h3-4,7-8,11,20H,2,5-6,9-10,12H2,1H3,(H,18,19). The van der Waals surface area contributed by atoms with Crippen LogP contribution in [0.15, 0.2) is 30.3 Å². The molecule has 1 heterocycles. The van der Waals surface area contributed by atoms with Crippen LogP contribution in [0.5, 0.6) is 0 Å². The number of fused-ring (bicyclic) bond motifs is 1. The van der Waals surface area contributed by atoms with Crippen LogP contribution in [0.4, 0.5) is 5.69 Å². The first-order valence-electron chi connectivity index (χ1n) is 7.55. The van der Waals surface area contributed by atoms with Gasteiger partial charge in [0.2, 0.25) is 0 Å². The second-order valence-corrected chi connectivity index (χ2v) is 5.14. The third-order valence-corrected chi connectivity index (χ3v) is 3.47. The van der Waals surface area contributed by atoms with E-state index in [2.05, 4.69) is 10.3 Å². The van der Waals surface area contributed by atoms with Crippen molar-refractivity contribution >= 4 is 22.6 Å². The molecule has 0 aliphatic carbocycles. The maximum absolute atomic E-state index is 11.5. The van der Waals surface area contributed by atoms with Crippen LogP contribution in [0, 0.1) is 0 Å². The summed E-state index contributed by atoms with van der Waals surface area (Å²) in [5.41, 5.74) is 2.54. The molecule has 0 fully saturated rings. The van der Waals surface area contributed by atoms with Gasteiger partial charge in [0, 0.05) is 24.2 Å². The second kappa shape index (κ2) is 8.34. The number of ether oxygens (including phenoxy) is 1. The summed E-state index contributed by atoms with van der Waals surface area (Å²) in [5, 5.41) is 13.2. The number of nitrogens with one attached hydrogen (secondary N) is 1. The van der Waals surface area contributed by atoms with Gasteiger partial charge in [0.15, 0.2) is 0 Å². The van der Waals surface area contributed by atoms with Gasteiger partial charge in [-0.1, -0.05) is 18.2 Å². The number of aliphatic hydroxyl groups is 1. The Hall–Kier alpha value is -2.14. The number of carbonyl (C=O) groups is 1. The Labute approximate surface area is 130 Å². The van der Waals surface area contributed by atoms with Crippen LogP contribution in [0.25, 0.3) is 10.9 Å². The van der Waals surface area contributed by atoms with E-state index in [0.717, 1.165) is 42.4 Å². The number of rotatable bonds is 8. The number of aromatic nitrogens is 1. The van der Waals surface area contributed by atoms with Gasteiger partial charge >= 0.3 is 5.97 Å². The summed E-state index contributed by atoms with van der Waals surface area (Å²) >= 11 is 0. The number of nitrogens with zero attached hydrogens (tertiary/aromatic N) is 1. The fourth-order valence-corrected chi connectivity index (χ4v) is 2.32. The fraction of sp³-hybridized carbons (Fsp3) is 0.412. The molecule has 0 atom stereocenters. The monoisotopic (exact) mass is 302 g/mol. The third kappa shape index (κ3) is 4.43. The summed E-state index contributed by atoms with van der Waals surface area (Å²) in [6.07, 6.45) is 2.97. The molecule has 5 nitrogen and oxygen atoms in total. The molecule has 2 N–H and O–H groups in total. The first kappa shape index (κ1) is 16.2. The molecule has 0 saturated heterocycles. The maximum atomic E-state index is 11.5. The summed E-state index contributed by atoms with van der Waals surface area (Å²) in [5.74, 6) is -0.295. The van der Waals surface area contributed by atoms with Crippen molar-refractivity contribution in [1.82, 2.24) is 4.98 Å². The normalized spacial score (nSPS) is 10.6. The Morgan fingerprint density at radius 2 is 2.09 bits per heavy atom. The van der Waals surface area contributed by atoms with E-state index >= 15 is 0 Å². The topological polar surface area (TPSA) is 71.5 Å².